The Hall–Kier alpha value is -0.940. The molecule has 0 saturated carbocycles. The third-order valence-electron chi connectivity index (χ3n) is 3.94. The minimum Gasteiger partial charge on any atom is -0.396 e. The number of aryl methyl sites for hydroxylation is 1. The quantitative estimate of drug-likeness (QED) is 0.859. The molecule has 2 heterocycles. The predicted molar refractivity (Wildman–Crippen MR) is 63.4 cm³/mol. The van der Waals surface area contributed by atoms with E-state index in [9.17, 15) is 5.11 Å². The number of piperidine rings is 1. The van der Waals surface area contributed by atoms with Crippen molar-refractivity contribution < 1.29 is 9.63 Å². The van der Waals surface area contributed by atoms with E-state index in [1.807, 2.05) is 0 Å². The molecule has 0 aliphatic carbocycles. The first-order chi connectivity index (χ1) is 8.17. The van der Waals surface area contributed by atoms with Gasteiger partial charge in [0, 0.05) is 13.5 Å². The van der Waals surface area contributed by atoms with Gasteiger partial charge in [-0.25, -0.2) is 0 Å². The van der Waals surface area contributed by atoms with Crippen molar-refractivity contribution in [1.29, 1.82) is 0 Å². The molecule has 1 aromatic rings. The predicted octanol–water partition coefficient (Wildman–Crippen LogP) is 1.36. The Labute approximate surface area is 102 Å². The largest absolute Gasteiger partial charge is 0.396 e. The van der Waals surface area contributed by atoms with Crippen LogP contribution >= 0.6 is 0 Å². The van der Waals surface area contributed by atoms with Crippen molar-refractivity contribution in [2.45, 2.75) is 39.7 Å². The molecular formula is C12H21N3O2. The van der Waals surface area contributed by atoms with E-state index in [4.69, 9.17) is 4.52 Å². The second-order valence-electron chi connectivity index (χ2n) is 5.02. The fraction of sp³-hybridized carbons (Fsp3) is 0.833. The monoisotopic (exact) mass is 239 g/mol. The van der Waals surface area contributed by atoms with Gasteiger partial charge in [-0.05, 0) is 37.8 Å². The van der Waals surface area contributed by atoms with Crippen LogP contribution in [0, 0.1) is 12.3 Å². The summed E-state index contributed by atoms with van der Waals surface area (Å²) in [5.74, 6) is 1.38. The molecule has 0 radical (unpaired) electrons. The summed E-state index contributed by atoms with van der Waals surface area (Å²) in [5, 5.41) is 13.4. The zero-order chi connectivity index (χ0) is 12.3. The number of nitrogens with zero attached hydrogens (tertiary/aromatic N) is 3. The minimum atomic E-state index is 0.143. The number of hydrogen-bond donors (Lipinski definition) is 1. The van der Waals surface area contributed by atoms with Crippen molar-refractivity contribution >= 4 is 0 Å². The second kappa shape index (κ2) is 5.14. The van der Waals surface area contributed by atoms with Gasteiger partial charge in [0.25, 0.3) is 0 Å². The first-order valence-electron chi connectivity index (χ1n) is 6.30. The van der Waals surface area contributed by atoms with Gasteiger partial charge in [0.1, 0.15) is 0 Å². The molecular weight excluding hydrogens is 218 g/mol. The van der Waals surface area contributed by atoms with Gasteiger partial charge in [0.2, 0.25) is 5.89 Å². The molecule has 0 atom stereocenters. The lowest BCUT2D eigenvalue weighted by Gasteiger charge is -2.39. The zero-order valence-corrected chi connectivity index (χ0v) is 10.6. The van der Waals surface area contributed by atoms with Crippen LogP contribution in [-0.4, -0.2) is 39.8 Å². The molecule has 1 aliphatic heterocycles. The third-order valence-corrected chi connectivity index (χ3v) is 3.94. The van der Waals surface area contributed by atoms with Crippen LogP contribution in [0.25, 0.3) is 0 Å². The van der Waals surface area contributed by atoms with Crippen LogP contribution in [0.4, 0.5) is 0 Å². The first kappa shape index (κ1) is 12.5. The van der Waals surface area contributed by atoms with E-state index in [0.29, 0.717) is 12.5 Å². The highest BCUT2D eigenvalue weighted by atomic mass is 16.5. The fourth-order valence-electron chi connectivity index (χ4n) is 2.41. The molecule has 1 aliphatic rings. The molecule has 17 heavy (non-hydrogen) atoms. The standard InChI is InChI=1S/C12H21N3O2/c1-3-12(9-16)4-6-15(7-5-12)8-11-13-10(2)17-14-11/h16H,3-9H2,1-2H3. The fourth-order valence-corrected chi connectivity index (χ4v) is 2.41. The van der Waals surface area contributed by atoms with E-state index in [2.05, 4.69) is 22.0 Å². The highest BCUT2D eigenvalue weighted by Crippen LogP contribution is 2.34. The first-order valence-corrected chi connectivity index (χ1v) is 6.30. The van der Waals surface area contributed by atoms with Crippen LogP contribution in [0.1, 0.15) is 37.9 Å². The molecule has 5 nitrogen and oxygen atoms in total. The summed E-state index contributed by atoms with van der Waals surface area (Å²) in [6, 6.07) is 0. The van der Waals surface area contributed by atoms with Crippen molar-refractivity contribution in [1.82, 2.24) is 15.0 Å². The highest BCUT2D eigenvalue weighted by molar-refractivity contribution is 4.88. The zero-order valence-electron chi connectivity index (χ0n) is 10.6. The molecule has 2 rings (SSSR count). The maximum Gasteiger partial charge on any atom is 0.223 e. The van der Waals surface area contributed by atoms with Crippen LogP contribution in [-0.2, 0) is 6.54 Å². The Morgan fingerprint density at radius 1 is 1.41 bits per heavy atom. The Balaban J connectivity index is 1.87. The van der Waals surface area contributed by atoms with Crippen molar-refractivity contribution in [3.8, 4) is 0 Å². The van der Waals surface area contributed by atoms with Gasteiger partial charge in [0.05, 0.1) is 6.54 Å². The van der Waals surface area contributed by atoms with Gasteiger partial charge in [-0.2, -0.15) is 4.98 Å². The Kier molecular flexibility index (Phi) is 3.79. The van der Waals surface area contributed by atoms with Crippen molar-refractivity contribution in [3.63, 3.8) is 0 Å². The Bertz CT molecular complexity index is 350. The third kappa shape index (κ3) is 2.84. The molecule has 1 aromatic heterocycles. The van der Waals surface area contributed by atoms with E-state index >= 15 is 0 Å². The maximum atomic E-state index is 9.46. The van der Waals surface area contributed by atoms with Crippen LogP contribution < -0.4 is 0 Å². The van der Waals surface area contributed by atoms with Crippen LogP contribution in [0.5, 0.6) is 0 Å². The highest BCUT2D eigenvalue weighted by Gasteiger charge is 2.32. The van der Waals surface area contributed by atoms with Gasteiger partial charge in [0.15, 0.2) is 5.82 Å². The molecule has 0 spiro atoms. The molecule has 96 valence electrons. The average molecular weight is 239 g/mol. The SMILES string of the molecule is CCC1(CO)CCN(Cc2noc(C)n2)CC1. The molecule has 5 heteroatoms. The van der Waals surface area contributed by atoms with E-state index in [-0.39, 0.29) is 5.41 Å². The molecule has 0 unspecified atom stereocenters. The topological polar surface area (TPSA) is 62.4 Å². The average Bonchev–Trinajstić information content (AvgIpc) is 2.76. The number of aromatic nitrogens is 2. The number of hydrogen-bond acceptors (Lipinski definition) is 5. The molecule has 0 amide bonds. The molecule has 1 saturated heterocycles. The molecule has 1 fully saturated rings. The van der Waals surface area contributed by atoms with Crippen molar-refractivity contribution in [2.75, 3.05) is 19.7 Å². The summed E-state index contributed by atoms with van der Waals surface area (Å²) in [7, 11) is 0. The summed E-state index contributed by atoms with van der Waals surface area (Å²) in [5.41, 5.74) is 0.143. The molecule has 0 bridgehead atoms. The molecule has 1 N–H and O–H groups in total. The number of likely N-dealkylation sites (tertiary alicyclic amines) is 1. The summed E-state index contributed by atoms with van der Waals surface area (Å²) in [6.45, 7) is 7.03. The number of rotatable bonds is 4. The lowest BCUT2D eigenvalue weighted by Crippen LogP contribution is -2.41. The summed E-state index contributed by atoms with van der Waals surface area (Å²) in [6.07, 6.45) is 3.16. The lowest BCUT2D eigenvalue weighted by molar-refractivity contribution is 0.0371. The van der Waals surface area contributed by atoms with Gasteiger partial charge in [-0.1, -0.05) is 12.1 Å². The molecule has 0 aromatic carbocycles. The van der Waals surface area contributed by atoms with Gasteiger partial charge >= 0.3 is 0 Å². The van der Waals surface area contributed by atoms with E-state index in [1.54, 1.807) is 6.92 Å². The van der Waals surface area contributed by atoms with Gasteiger partial charge in [-0.15, -0.1) is 0 Å². The smallest absolute Gasteiger partial charge is 0.223 e. The van der Waals surface area contributed by atoms with Crippen molar-refractivity contribution in [3.05, 3.63) is 11.7 Å². The second-order valence-corrected chi connectivity index (χ2v) is 5.02. The Morgan fingerprint density at radius 3 is 2.59 bits per heavy atom. The summed E-state index contributed by atoms with van der Waals surface area (Å²) in [4.78, 5) is 6.54. The summed E-state index contributed by atoms with van der Waals surface area (Å²) >= 11 is 0. The Morgan fingerprint density at radius 2 is 2.12 bits per heavy atom. The van der Waals surface area contributed by atoms with Crippen LogP contribution in [0.2, 0.25) is 0 Å². The van der Waals surface area contributed by atoms with Crippen molar-refractivity contribution in [2.24, 2.45) is 5.41 Å². The normalized spacial score (nSPS) is 20.6. The van der Waals surface area contributed by atoms with E-state index in [0.717, 1.165) is 44.7 Å². The van der Waals surface area contributed by atoms with Crippen LogP contribution in [0.15, 0.2) is 4.52 Å². The van der Waals surface area contributed by atoms with E-state index < -0.39 is 0 Å². The van der Waals surface area contributed by atoms with Crippen LogP contribution in [0.3, 0.4) is 0 Å². The lowest BCUT2D eigenvalue weighted by atomic mass is 9.77. The number of aliphatic hydroxyl groups excluding tert-OH is 1. The van der Waals surface area contributed by atoms with Gasteiger partial charge < -0.3 is 9.63 Å². The maximum absolute atomic E-state index is 9.46. The summed E-state index contributed by atoms with van der Waals surface area (Å²) < 4.78 is 4.96. The number of aliphatic hydroxyl groups is 1. The van der Waals surface area contributed by atoms with Gasteiger partial charge in [-0.3, -0.25) is 4.90 Å². The van der Waals surface area contributed by atoms with E-state index in [1.165, 1.54) is 0 Å². The minimum absolute atomic E-state index is 0.143.